The van der Waals surface area contributed by atoms with Crippen LogP contribution in [0.5, 0.6) is 0 Å². The first kappa shape index (κ1) is 77.9. The minimum Gasteiger partial charge on any atom is -0.394 e. The Kier molecular flexibility index (Phi) is 29.0. The van der Waals surface area contributed by atoms with Crippen molar-refractivity contribution in [3.05, 3.63) is 0 Å². The summed E-state index contributed by atoms with van der Waals surface area (Å²) >= 11 is 0. The highest BCUT2D eigenvalue weighted by Gasteiger charge is 2.60. The smallest absolute Gasteiger partial charge is 0.217 e. The first-order valence-electron chi connectivity index (χ1n) is 29.8. The third-order valence-corrected chi connectivity index (χ3v) is 16.7. The molecule has 42 heteroatoms. The zero-order valence-corrected chi connectivity index (χ0v) is 50.5. The Bertz CT molecular complexity index is 2370. The van der Waals surface area contributed by atoms with Crippen molar-refractivity contribution in [2.45, 2.75) is 242 Å². The topological polar surface area (TPSA) is 650 Å². The molecule has 7 aliphatic rings. The van der Waals surface area contributed by atoms with Gasteiger partial charge in [-0.3, -0.25) is 19.2 Å². The second kappa shape index (κ2) is 35.0. The zero-order chi connectivity index (χ0) is 69.3. The van der Waals surface area contributed by atoms with Crippen LogP contribution in [0.15, 0.2) is 0 Å². The number of aliphatic hydroxyl groups is 20. The molecule has 0 unspecified atom stereocenters. The van der Waals surface area contributed by atoms with E-state index in [0.717, 1.165) is 20.8 Å². The normalized spacial score (nSPS) is 46.4. The van der Waals surface area contributed by atoms with Crippen LogP contribution in [0, 0.1) is 0 Å². The molecule has 0 aromatic heterocycles. The summed E-state index contributed by atoms with van der Waals surface area (Å²) in [4.78, 5) is 49.6. The van der Waals surface area contributed by atoms with Crippen molar-refractivity contribution in [3.8, 4) is 0 Å². The molecule has 42 nitrogen and oxygen atoms in total. The molecular formula is C52H88N4O38. The molecule has 0 aromatic rings. The van der Waals surface area contributed by atoms with Gasteiger partial charge in [0.25, 0.3) is 0 Å². The van der Waals surface area contributed by atoms with Crippen LogP contribution >= 0.6 is 0 Å². The number of ether oxygens (including phenoxy) is 14. The molecule has 0 saturated carbocycles. The molecule has 0 aliphatic carbocycles. The summed E-state index contributed by atoms with van der Waals surface area (Å²) in [7, 11) is 0. The van der Waals surface area contributed by atoms with E-state index < -0.39 is 298 Å². The van der Waals surface area contributed by atoms with Crippen LogP contribution in [0.1, 0.15) is 20.8 Å². The van der Waals surface area contributed by atoms with Crippen LogP contribution in [-0.4, -0.2) is 407 Å². The Morgan fingerprint density at radius 1 is 0.340 bits per heavy atom. The summed E-state index contributed by atoms with van der Waals surface area (Å²) < 4.78 is 82.9. The highest BCUT2D eigenvalue weighted by Crippen LogP contribution is 2.39. The maximum Gasteiger partial charge on any atom is 0.217 e. The molecule has 7 aliphatic heterocycles. The van der Waals surface area contributed by atoms with E-state index in [4.69, 9.17) is 66.3 Å². The lowest BCUT2D eigenvalue weighted by molar-refractivity contribution is -0.398. The van der Waals surface area contributed by atoms with Gasteiger partial charge in [-0.2, -0.15) is 0 Å². The van der Waals surface area contributed by atoms with Crippen molar-refractivity contribution in [3.63, 3.8) is 0 Å². The number of hydrogen-bond donors (Lipinski definition) is 24. The summed E-state index contributed by atoms with van der Waals surface area (Å²) in [6, 6.07) is -6.56. The fourth-order valence-corrected chi connectivity index (χ4v) is 11.8. The third kappa shape index (κ3) is 17.6. The van der Waals surface area contributed by atoms with Crippen LogP contribution in [0.3, 0.4) is 0 Å². The number of hydrogen-bond acceptors (Lipinski definition) is 38. The minimum atomic E-state index is -2.47. The van der Waals surface area contributed by atoms with Gasteiger partial charge in [0.15, 0.2) is 44.0 Å². The maximum absolute atomic E-state index is 13.3. The van der Waals surface area contributed by atoms with Gasteiger partial charge in [-0.15, -0.1) is 0 Å². The van der Waals surface area contributed by atoms with Gasteiger partial charge in [0, 0.05) is 20.8 Å². The molecule has 94 heavy (non-hydrogen) atoms. The van der Waals surface area contributed by atoms with E-state index in [-0.39, 0.29) is 6.41 Å². The van der Waals surface area contributed by atoms with Gasteiger partial charge in [0.2, 0.25) is 24.1 Å². The first-order valence-corrected chi connectivity index (χ1v) is 29.8. The van der Waals surface area contributed by atoms with Crippen LogP contribution in [0.2, 0.25) is 0 Å². The summed E-state index contributed by atoms with van der Waals surface area (Å²) in [5.41, 5.74) is 0. The van der Waals surface area contributed by atoms with E-state index >= 15 is 0 Å². The molecule has 0 radical (unpaired) electrons. The third-order valence-electron chi connectivity index (χ3n) is 16.7. The quantitative estimate of drug-likeness (QED) is 0.0324. The summed E-state index contributed by atoms with van der Waals surface area (Å²) in [5.74, 6) is -2.69. The monoisotopic (exact) mass is 1380 g/mol. The fourth-order valence-electron chi connectivity index (χ4n) is 11.8. The van der Waals surface area contributed by atoms with Gasteiger partial charge >= 0.3 is 0 Å². The maximum atomic E-state index is 13.3. The molecule has 0 bridgehead atoms. The number of nitrogens with one attached hydrogen (secondary N) is 4. The Labute approximate surface area is 533 Å². The van der Waals surface area contributed by atoms with E-state index in [1.807, 2.05) is 0 Å². The number of carbonyl (C=O) groups excluding carboxylic acids is 4. The summed E-state index contributed by atoms with van der Waals surface area (Å²) in [6.07, 6.45) is -64.3. The lowest BCUT2D eigenvalue weighted by atomic mass is 9.93. The summed E-state index contributed by atoms with van der Waals surface area (Å²) in [5, 5.41) is 228. The minimum absolute atomic E-state index is 0.239. The Hall–Kier alpha value is -3.48. The molecule has 0 spiro atoms. The van der Waals surface area contributed by atoms with Gasteiger partial charge in [-0.05, 0) is 0 Å². The average molecular weight is 1380 g/mol. The predicted octanol–water partition coefficient (Wildman–Crippen LogP) is -16.7. The van der Waals surface area contributed by atoms with Gasteiger partial charge < -0.3 is 190 Å². The van der Waals surface area contributed by atoms with Crippen molar-refractivity contribution in [1.82, 2.24) is 21.3 Å². The Morgan fingerprint density at radius 2 is 0.649 bits per heavy atom. The number of aliphatic hydroxyl groups excluding tert-OH is 20. The van der Waals surface area contributed by atoms with Gasteiger partial charge in [-0.1, -0.05) is 0 Å². The zero-order valence-electron chi connectivity index (χ0n) is 50.5. The second-order valence-electron chi connectivity index (χ2n) is 23.2. The number of amides is 4. The number of rotatable bonds is 28. The number of carbonyl (C=O) groups is 4. The largest absolute Gasteiger partial charge is 0.394 e. The SMILES string of the molecule is CC(=O)N[C@H]1[C@H](O[C@@H]2[C@H](O)[C@@H](O)[C@H](O[C@H]3[C@H](O)[C@@H](CO)O[C@@H](O[C@@H]4[C@@H](O)[C@H](O[C@H]5[C@H](O)[C@@H](O)[C@H](OC[C@@H](CO)NC=O)O[C@@H]5CO)O[C@H](CO)[C@@H]4O[C@@H]4O[C@H](CO)[C@H](O)[C@H](O[C@@H]5O[C@H](CO)[C@H](O)[C@H](O)[C@H]5O)[C@H]4NC(C)=O)[C@@H]3NC(C)=O)O[C@@H]2CO)O[C@H](CO)[C@H](O)[C@@H]1O. The molecule has 7 heterocycles. The standard InChI is InChI=1S/C52H88N4O38/c1-14(66)54-25-32(73)28(69)18(5-58)82-46(25)89-40-23(10-63)87-51(38(79)35(40)76)93-44-27(56-16(3)68)48(84-21(8-61)31(44)72)94-45-39(80)52(90-41-22(9-62)86-49(37(78)34(41)75)81-12-17(4-57)53-13-65)88-24(11-64)42(45)91-47-26(55-15(2)67)43(30(71)20(7-60)83-47)92-50-36(77)33(74)29(70)19(6-59)85-50/h13,17-52,57-64,69-80H,4-12H2,1-3H3,(H,53,65)(H,54,66)(H,55,67)(H,56,68)/t17-,18-,19-,20-,21-,22-,23-,24-,25-,26-,27-,28+,29+,30+,31-,32-,33+,34-,35-,36-,37-,38-,39-,40+,41-,42+,43-,44-,45-,46+,47+,48+,49-,50+,51+,52+/m1/s1. The molecule has 7 fully saturated rings. The van der Waals surface area contributed by atoms with Gasteiger partial charge in [0.05, 0.1) is 65.5 Å². The van der Waals surface area contributed by atoms with Crippen LogP contribution in [0.4, 0.5) is 0 Å². The van der Waals surface area contributed by atoms with Crippen molar-refractivity contribution >= 4 is 24.1 Å². The lowest BCUT2D eigenvalue weighted by Gasteiger charge is -2.52. The van der Waals surface area contributed by atoms with E-state index in [9.17, 15) is 121 Å². The molecule has 24 N–H and O–H groups in total. The van der Waals surface area contributed by atoms with E-state index in [2.05, 4.69) is 21.3 Å². The molecule has 7 rings (SSSR count). The Morgan fingerprint density at radius 3 is 1.07 bits per heavy atom. The highest BCUT2D eigenvalue weighted by atomic mass is 16.8. The van der Waals surface area contributed by atoms with Gasteiger partial charge in [-0.25, -0.2) is 0 Å². The van der Waals surface area contributed by atoms with Crippen molar-refractivity contribution in [1.29, 1.82) is 0 Å². The lowest BCUT2D eigenvalue weighted by Crippen LogP contribution is -2.72. The van der Waals surface area contributed by atoms with E-state index in [1.165, 1.54) is 0 Å². The highest BCUT2D eigenvalue weighted by molar-refractivity contribution is 5.74. The van der Waals surface area contributed by atoms with Gasteiger partial charge in [0.1, 0.15) is 171 Å². The fraction of sp³-hybridized carbons (Fsp3) is 0.923. The average Bonchev–Trinajstić information content (AvgIpc) is 0.767. The molecule has 0 aromatic carbocycles. The molecule has 7 saturated heterocycles. The van der Waals surface area contributed by atoms with Crippen molar-refractivity contribution < 1.29 is 188 Å². The molecule has 36 atom stereocenters. The van der Waals surface area contributed by atoms with Crippen LogP contribution in [0.25, 0.3) is 0 Å². The molecular weight excluding hydrogens is 1290 g/mol. The van der Waals surface area contributed by atoms with Crippen LogP contribution in [-0.2, 0) is 85.5 Å². The van der Waals surface area contributed by atoms with E-state index in [0.29, 0.717) is 0 Å². The van der Waals surface area contributed by atoms with Crippen molar-refractivity contribution in [2.24, 2.45) is 0 Å². The van der Waals surface area contributed by atoms with Crippen LogP contribution < -0.4 is 21.3 Å². The first-order chi connectivity index (χ1) is 44.6. The molecule has 4 amide bonds. The molecule has 544 valence electrons. The second-order valence-corrected chi connectivity index (χ2v) is 23.2. The van der Waals surface area contributed by atoms with E-state index in [1.54, 1.807) is 0 Å². The van der Waals surface area contributed by atoms with Crippen molar-refractivity contribution in [2.75, 3.05) is 59.5 Å². The Balaban J connectivity index is 1.25. The predicted molar refractivity (Wildman–Crippen MR) is 290 cm³/mol. The summed E-state index contributed by atoms with van der Waals surface area (Å²) in [6.45, 7) is -5.76.